The molecule has 1 atom stereocenters. The molecule has 8 heteroatoms. The maximum absolute atomic E-state index is 11.9. The van der Waals surface area contributed by atoms with Crippen molar-refractivity contribution in [3.63, 3.8) is 0 Å². The van der Waals surface area contributed by atoms with Crippen molar-refractivity contribution in [2.75, 3.05) is 11.9 Å². The molecule has 0 spiro atoms. The largest absolute Gasteiger partial charge is 0.486 e. The summed E-state index contributed by atoms with van der Waals surface area (Å²) in [6.45, 7) is 0.948. The van der Waals surface area contributed by atoms with Gasteiger partial charge in [-0.2, -0.15) is 5.10 Å². The van der Waals surface area contributed by atoms with Crippen LogP contribution in [0.25, 0.3) is 0 Å². The molecule has 24 heavy (non-hydrogen) atoms. The predicted molar refractivity (Wildman–Crippen MR) is 83.0 cm³/mol. The highest BCUT2D eigenvalue weighted by molar-refractivity contribution is 6.01. The molecule has 0 aliphatic carbocycles. The number of ether oxygens (including phenoxy) is 2. The van der Waals surface area contributed by atoms with Crippen LogP contribution in [0.5, 0.6) is 11.5 Å². The van der Waals surface area contributed by atoms with Gasteiger partial charge in [0.05, 0.1) is 24.6 Å². The molecular weight excluding hydrogens is 312 g/mol. The molecule has 0 radical (unpaired) electrons. The molecule has 0 unspecified atom stereocenters. The summed E-state index contributed by atoms with van der Waals surface area (Å²) in [4.78, 5) is 11.9. The molecule has 2 aromatic heterocycles. The number of benzene rings is 1. The van der Waals surface area contributed by atoms with Crippen molar-refractivity contribution in [3.05, 3.63) is 54.7 Å². The normalized spacial score (nSPS) is 15.9. The number of para-hydroxylation sites is 2. The first kappa shape index (κ1) is 14.3. The van der Waals surface area contributed by atoms with E-state index in [9.17, 15) is 4.79 Å². The maximum atomic E-state index is 11.9. The van der Waals surface area contributed by atoms with Gasteiger partial charge in [-0.15, -0.1) is 0 Å². The fraction of sp³-hybridized carbons (Fsp3) is 0.188. The quantitative estimate of drug-likeness (QED) is 0.788. The SMILES string of the molecule is O=C(Nc1cnn(C[C@@H]2COc3ccccc3O2)c1)c1ccno1. The molecule has 1 N–H and O–H groups in total. The summed E-state index contributed by atoms with van der Waals surface area (Å²) >= 11 is 0. The lowest BCUT2D eigenvalue weighted by molar-refractivity contribution is 0.0759. The van der Waals surface area contributed by atoms with E-state index in [-0.39, 0.29) is 17.8 Å². The summed E-state index contributed by atoms with van der Waals surface area (Å²) in [6, 6.07) is 9.03. The van der Waals surface area contributed by atoms with E-state index in [1.54, 1.807) is 17.1 Å². The third-order valence-electron chi connectivity index (χ3n) is 3.51. The fourth-order valence-corrected chi connectivity index (χ4v) is 2.42. The highest BCUT2D eigenvalue weighted by Gasteiger charge is 2.21. The number of hydrogen-bond donors (Lipinski definition) is 1. The molecule has 0 saturated carbocycles. The van der Waals surface area contributed by atoms with Crippen molar-refractivity contribution < 1.29 is 18.8 Å². The van der Waals surface area contributed by atoms with E-state index in [0.29, 0.717) is 18.8 Å². The van der Waals surface area contributed by atoms with Gasteiger partial charge in [0.15, 0.2) is 17.6 Å². The first-order valence-corrected chi connectivity index (χ1v) is 7.41. The standard InChI is InChI=1S/C16H14N4O4/c21-16(15-5-6-18-24-15)19-11-7-17-20(8-11)9-12-10-22-13-3-1-2-4-14(13)23-12/h1-8,12H,9-10H2,(H,19,21)/t12-/m1/s1. The molecule has 3 heterocycles. The molecule has 0 fully saturated rings. The number of fused-ring (bicyclic) bond motifs is 1. The molecule has 1 aliphatic rings. The van der Waals surface area contributed by atoms with Gasteiger partial charge in [-0.25, -0.2) is 0 Å². The number of aromatic nitrogens is 3. The van der Waals surface area contributed by atoms with Crippen LogP contribution in [-0.2, 0) is 6.54 Å². The second-order valence-electron chi connectivity index (χ2n) is 5.28. The van der Waals surface area contributed by atoms with Gasteiger partial charge in [-0.3, -0.25) is 9.48 Å². The van der Waals surface area contributed by atoms with E-state index in [0.717, 1.165) is 11.5 Å². The Morgan fingerprint density at radius 1 is 1.29 bits per heavy atom. The van der Waals surface area contributed by atoms with Gasteiger partial charge in [0.1, 0.15) is 6.61 Å². The first-order valence-electron chi connectivity index (χ1n) is 7.41. The van der Waals surface area contributed by atoms with Crippen LogP contribution < -0.4 is 14.8 Å². The minimum Gasteiger partial charge on any atom is -0.486 e. The Morgan fingerprint density at radius 3 is 3.00 bits per heavy atom. The Bertz CT molecular complexity index is 843. The number of carbonyl (C=O) groups excluding carboxylic acids is 1. The van der Waals surface area contributed by atoms with Gasteiger partial charge in [-0.1, -0.05) is 17.3 Å². The molecular formula is C16H14N4O4. The molecule has 3 aromatic rings. The molecule has 0 saturated heterocycles. The van der Waals surface area contributed by atoms with E-state index in [2.05, 4.69) is 15.6 Å². The van der Waals surface area contributed by atoms with Crippen LogP contribution in [0.2, 0.25) is 0 Å². The van der Waals surface area contributed by atoms with Crippen LogP contribution in [0.1, 0.15) is 10.6 Å². The molecule has 8 nitrogen and oxygen atoms in total. The molecule has 4 rings (SSSR count). The van der Waals surface area contributed by atoms with Crippen LogP contribution >= 0.6 is 0 Å². The number of carbonyl (C=O) groups is 1. The van der Waals surface area contributed by atoms with Crippen LogP contribution in [0.15, 0.2) is 53.4 Å². The topological polar surface area (TPSA) is 91.4 Å². The zero-order chi connectivity index (χ0) is 16.4. The summed E-state index contributed by atoms with van der Waals surface area (Å²) in [5.74, 6) is 1.23. The molecule has 1 aromatic carbocycles. The van der Waals surface area contributed by atoms with Crippen LogP contribution in [0.3, 0.4) is 0 Å². The Labute approximate surface area is 137 Å². The van der Waals surface area contributed by atoms with E-state index < -0.39 is 0 Å². The molecule has 1 amide bonds. The second kappa shape index (κ2) is 6.07. The highest BCUT2D eigenvalue weighted by Crippen LogP contribution is 2.31. The Hall–Kier alpha value is -3.29. The highest BCUT2D eigenvalue weighted by atomic mass is 16.6. The number of rotatable bonds is 4. The number of nitrogens with zero attached hydrogens (tertiary/aromatic N) is 3. The van der Waals surface area contributed by atoms with Gasteiger partial charge < -0.3 is 19.3 Å². The summed E-state index contributed by atoms with van der Waals surface area (Å²) in [6.07, 6.45) is 4.54. The van der Waals surface area contributed by atoms with Crippen molar-refractivity contribution in [2.45, 2.75) is 12.6 Å². The number of amides is 1. The number of hydrogen-bond acceptors (Lipinski definition) is 6. The van der Waals surface area contributed by atoms with Gasteiger partial charge in [-0.05, 0) is 12.1 Å². The van der Waals surface area contributed by atoms with Gasteiger partial charge >= 0.3 is 0 Å². The Kier molecular flexibility index (Phi) is 3.62. The van der Waals surface area contributed by atoms with Crippen molar-refractivity contribution in [1.82, 2.24) is 14.9 Å². The second-order valence-corrected chi connectivity index (χ2v) is 5.28. The van der Waals surface area contributed by atoms with Gasteiger partial charge in [0, 0.05) is 12.3 Å². The van der Waals surface area contributed by atoms with Crippen molar-refractivity contribution in [3.8, 4) is 11.5 Å². The summed E-state index contributed by atoms with van der Waals surface area (Å²) in [5, 5.41) is 10.4. The van der Waals surface area contributed by atoms with Crippen LogP contribution in [0.4, 0.5) is 5.69 Å². The van der Waals surface area contributed by atoms with Crippen molar-refractivity contribution in [2.24, 2.45) is 0 Å². The van der Waals surface area contributed by atoms with Gasteiger partial charge in [0.25, 0.3) is 5.91 Å². The minimum atomic E-state index is -0.377. The lowest BCUT2D eigenvalue weighted by atomic mass is 10.2. The van der Waals surface area contributed by atoms with Crippen LogP contribution in [-0.4, -0.2) is 33.6 Å². The van der Waals surface area contributed by atoms with Crippen molar-refractivity contribution in [1.29, 1.82) is 0 Å². The molecule has 122 valence electrons. The third kappa shape index (κ3) is 2.94. The van der Waals surface area contributed by atoms with E-state index >= 15 is 0 Å². The van der Waals surface area contributed by atoms with E-state index in [1.807, 2.05) is 24.3 Å². The monoisotopic (exact) mass is 326 g/mol. The fourth-order valence-electron chi connectivity index (χ4n) is 2.42. The average Bonchev–Trinajstić information content (AvgIpc) is 3.27. The Morgan fingerprint density at radius 2 is 2.17 bits per heavy atom. The summed E-state index contributed by atoms with van der Waals surface area (Å²) < 4.78 is 18.1. The maximum Gasteiger partial charge on any atom is 0.294 e. The minimum absolute atomic E-state index is 0.142. The lowest BCUT2D eigenvalue weighted by Gasteiger charge is -2.26. The first-order chi connectivity index (χ1) is 11.8. The molecule has 0 bridgehead atoms. The lowest BCUT2D eigenvalue weighted by Crippen LogP contribution is -2.33. The zero-order valence-electron chi connectivity index (χ0n) is 12.6. The number of anilines is 1. The third-order valence-corrected chi connectivity index (χ3v) is 3.51. The van der Waals surface area contributed by atoms with Gasteiger partial charge in [0.2, 0.25) is 5.76 Å². The molecule has 1 aliphatic heterocycles. The number of nitrogens with one attached hydrogen (secondary N) is 1. The smallest absolute Gasteiger partial charge is 0.294 e. The summed E-state index contributed by atoms with van der Waals surface area (Å²) in [7, 11) is 0. The summed E-state index contributed by atoms with van der Waals surface area (Å²) in [5.41, 5.74) is 0.563. The van der Waals surface area contributed by atoms with Crippen LogP contribution in [0, 0.1) is 0 Å². The van der Waals surface area contributed by atoms with E-state index in [4.69, 9.17) is 14.0 Å². The van der Waals surface area contributed by atoms with E-state index in [1.165, 1.54) is 12.3 Å². The Balaban J connectivity index is 1.38. The average molecular weight is 326 g/mol. The predicted octanol–water partition coefficient (Wildman–Crippen LogP) is 1.96. The zero-order valence-corrected chi connectivity index (χ0v) is 12.6. The van der Waals surface area contributed by atoms with Crippen molar-refractivity contribution >= 4 is 11.6 Å².